The van der Waals surface area contributed by atoms with Gasteiger partial charge < -0.3 is 9.47 Å². The van der Waals surface area contributed by atoms with Gasteiger partial charge in [0.15, 0.2) is 0 Å². The molecular formula is C12H19NO5. The van der Waals surface area contributed by atoms with Crippen molar-refractivity contribution in [2.45, 2.75) is 51.7 Å². The number of nitrogens with zero attached hydrogens (tertiary/aromatic N) is 1. The van der Waals surface area contributed by atoms with Crippen LogP contribution in [0, 0.1) is 0 Å². The van der Waals surface area contributed by atoms with E-state index in [0.29, 0.717) is 12.8 Å². The molecule has 102 valence electrons. The Balaban J connectivity index is 2.88. The maximum absolute atomic E-state index is 11.9. The SMILES string of the molecule is COC(=O)[C@@H]1CCCC(=O)N1C(=O)OC(C)(C)C. The number of imide groups is 1. The highest BCUT2D eigenvalue weighted by Crippen LogP contribution is 2.22. The van der Waals surface area contributed by atoms with Gasteiger partial charge in [-0.3, -0.25) is 4.79 Å². The first-order chi connectivity index (χ1) is 8.26. The molecule has 6 nitrogen and oxygen atoms in total. The van der Waals surface area contributed by atoms with Crippen molar-refractivity contribution in [2.24, 2.45) is 0 Å². The molecule has 0 radical (unpaired) electrons. The fourth-order valence-electron chi connectivity index (χ4n) is 1.77. The molecule has 0 aromatic carbocycles. The molecule has 0 saturated carbocycles. The molecule has 0 bridgehead atoms. The summed E-state index contributed by atoms with van der Waals surface area (Å²) in [6.07, 6.45) is 0.435. The highest BCUT2D eigenvalue weighted by atomic mass is 16.6. The van der Waals surface area contributed by atoms with E-state index in [1.54, 1.807) is 20.8 Å². The molecule has 1 rings (SSSR count). The average Bonchev–Trinajstić information content (AvgIpc) is 2.25. The zero-order valence-corrected chi connectivity index (χ0v) is 11.2. The van der Waals surface area contributed by atoms with Crippen molar-refractivity contribution in [2.75, 3.05) is 7.11 Å². The number of esters is 1. The Morgan fingerprint density at radius 2 is 1.94 bits per heavy atom. The normalized spacial score (nSPS) is 20.6. The lowest BCUT2D eigenvalue weighted by atomic mass is 10.0. The zero-order chi connectivity index (χ0) is 13.9. The minimum Gasteiger partial charge on any atom is -0.467 e. The number of carbonyl (C=O) groups is 3. The summed E-state index contributed by atoms with van der Waals surface area (Å²) in [6, 6.07) is -0.869. The minimum atomic E-state index is -0.869. The number of amides is 2. The molecule has 0 aromatic rings. The maximum Gasteiger partial charge on any atom is 0.417 e. The summed E-state index contributed by atoms with van der Waals surface area (Å²) in [5.41, 5.74) is -0.713. The third-order valence-electron chi connectivity index (χ3n) is 2.51. The molecular weight excluding hydrogens is 238 g/mol. The van der Waals surface area contributed by atoms with E-state index in [2.05, 4.69) is 4.74 Å². The molecule has 0 unspecified atom stereocenters. The van der Waals surface area contributed by atoms with E-state index in [0.717, 1.165) is 4.90 Å². The topological polar surface area (TPSA) is 72.9 Å². The fourth-order valence-corrected chi connectivity index (χ4v) is 1.77. The van der Waals surface area contributed by atoms with E-state index in [-0.39, 0.29) is 6.42 Å². The van der Waals surface area contributed by atoms with Gasteiger partial charge >= 0.3 is 12.1 Å². The number of piperidine rings is 1. The van der Waals surface area contributed by atoms with Crippen molar-refractivity contribution in [3.8, 4) is 0 Å². The van der Waals surface area contributed by atoms with Gasteiger partial charge in [-0.2, -0.15) is 0 Å². The smallest absolute Gasteiger partial charge is 0.417 e. The van der Waals surface area contributed by atoms with Crippen LogP contribution in [0.5, 0.6) is 0 Å². The number of likely N-dealkylation sites (tertiary alicyclic amines) is 1. The van der Waals surface area contributed by atoms with Crippen LogP contribution in [-0.4, -0.2) is 41.6 Å². The monoisotopic (exact) mass is 257 g/mol. The van der Waals surface area contributed by atoms with E-state index in [1.165, 1.54) is 7.11 Å². The third kappa shape index (κ3) is 3.45. The molecule has 1 aliphatic heterocycles. The van der Waals surface area contributed by atoms with Crippen LogP contribution in [0.15, 0.2) is 0 Å². The second-order valence-corrected chi connectivity index (χ2v) is 5.18. The summed E-state index contributed by atoms with van der Waals surface area (Å²) in [4.78, 5) is 36.1. The van der Waals surface area contributed by atoms with Crippen LogP contribution in [-0.2, 0) is 19.1 Å². The molecule has 1 heterocycles. The van der Waals surface area contributed by atoms with Crippen molar-refractivity contribution in [1.29, 1.82) is 0 Å². The fraction of sp³-hybridized carbons (Fsp3) is 0.750. The van der Waals surface area contributed by atoms with Crippen LogP contribution in [0.2, 0.25) is 0 Å². The van der Waals surface area contributed by atoms with Gasteiger partial charge in [-0.15, -0.1) is 0 Å². The molecule has 0 N–H and O–H groups in total. The number of ether oxygens (including phenoxy) is 2. The lowest BCUT2D eigenvalue weighted by molar-refractivity contribution is -0.154. The van der Waals surface area contributed by atoms with Gasteiger partial charge in [0.1, 0.15) is 11.6 Å². The highest BCUT2D eigenvalue weighted by molar-refractivity contribution is 5.97. The van der Waals surface area contributed by atoms with Crippen molar-refractivity contribution in [3.05, 3.63) is 0 Å². The Hall–Kier alpha value is -1.59. The summed E-state index contributed by atoms with van der Waals surface area (Å²) < 4.78 is 9.74. The maximum atomic E-state index is 11.9. The van der Waals surface area contributed by atoms with Crippen LogP contribution < -0.4 is 0 Å². The first-order valence-electron chi connectivity index (χ1n) is 5.89. The first kappa shape index (κ1) is 14.5. The molecule has 1 atom stereocenters. The predicted molar refractivity (Wildman–Crippen MR) is 62.7 cm³/mol. The zero-order valence-electron chi connectivity index (χ0n) is 11.2. The second-order valence-electron chi connectivity index (χ2n) is 5.18. The van der Waals surface area contributed by atoms with E-state index in [1.807, 2.05) is 0 Å². The summed E-state index contributed by atoms with van der Waals surface area (Å²) in [5, 5.41) is 0. The van der Waals surface area contributed by atoms with Crippen molar-refractivity contribution < 1.29 is 23.9 Å². The van der Waals surface area contributed by atoms with E-state index in [9.17, 15) is 14.4 Å². The van der Waals surface area contributed by atoms with Gasteiger partial charge in [-0.1, -0.05) is 0 Å². The molecule has 1 saturated heterocycles. The van der Waals surface area contributed by atoms with Gasteiger partial charge in [0.25, 0.3) is 0 Å². The Kier molecular flexibility index (Phi) is 4.32. The van der Waals surface area contributed by atoms with Crippen molar-refractivity contribution in [3.63, 3.8) is 0 Å². The van der Waals surface area contributed by atoms with Crippen LogP contribution in [0.3, 0.4) is 0 Å². The van der Waals surface area contributed by atoms with E-state index in [4.69, 9.17) is 4.74 Å². The molecule has 1 aliphatic rings. The number of carbonyl (C=O) groups excluding carboxylic acids is 3. The number of hydrogen-bond acceptors (Lipinski definition) is 5. The largest absolute Gasteiger partial charge is 0.467 e. The minimum absolute atomic E-state index is 0.243. The Bertz CT molecular complexity index is 358. The van der Waals surface area contributed by atoms with Gasteiger partial charge in [0.2, 0.25) is 5.91 Å². The standard InChI is InChI=1S/C12H19NO5/c1-12(2,3)18-11(16)13-8(10(15)17-4)6-5-7-9(13)14/h8H,5-7H2,1-4H3/t8-/m0/s1. The molecule has 0 spiro atoms. The predicted octanol–water partition coefficient (Wildman–Crippen LogP) is 1.48. The summed E-state index contributed by atoms with van der Waals surface area (Å²) in [7, 11) is 1.23. The summed E-state index contributed by atoms with van der Waals surface area (Å²) >= 11 is 0. The van der Waals surface area contributed by atoms with E-state index < -0.39 is 29.6 Å². The first-order valence-corrected chi connectivity index (χ1v) is 5.89. The third-order valence-corrected chi connectivity index (χ3v) is 2.51. The molecule has 0 aromatic heterocycles. The summed E-state index contributed by atoms with van der Waals surface area (Å²) in [6.45, 7) is 5.10. The van der Waals surface area contributed by atoms with Crippen molar-refractivity contribution in [1.82, 2.24) is 4.90 Å². The Labute approximate surface area is 106 Å². The number of methoxy groups -OCH3 is 1. The van der Waals surface area contributed by atoms with Crippen LogP contribution in [0.1, 0.15) is 40.0 Å². The van der Waals surface area contributed by atoms with Gasteiger partial charge in [0, 0.05) is 6.42 Å². The lowest BCUT2D eigenvalue weighted by Gasteiger charge is -2.33. The van der Waals surface area contributed by atoms with Crippen molar-refractivity contribution >= 4 is 18.0 Å². The average molecular weight is 257 g/mol. The molecule has 1 fully saturated rings. The van der Waals surface area contributed by atoms with Gasteiger partial charge in [-0.05, 0) is 33.6 Å². The lowest BCUT2D eigenvalue weighted by Crippen LogP contribution is -2.52. The molecule has 0 aliphatic carbocycles. The van der Waals surface area contributed by atoms with Gasteiger partial charge in [-0.25, -0.2) is 14.5 Å². The van der Waals surface area contributed by atoms with Crippen LogP contribution >= 0.6 is 0 Å². The quantitative estimate of drug-likeness (QED) is 0.665. The number of rotatable bonds is 1. The second kappa shape index (κ2) is 5.37. The molecule has 6 heteroatoms. The molecule has 18 heavy (non-hydrogen) atoms. The van der Waals surface area contributed by atoms with Gasteiger partial charge in [0.05, 0.1) is 7.11 Å². The Morgan fingerprint density at radius 1 is 1.33 bits per heavy atom. The molecule has 2 amide bonds. The highest BCUT2D eigenvalue weighted by Gasteiger charge is 2.40. The van der Waals surface area contributed by atoms with E-state index >= 15 is 0 Å². The number of hydrogen-bond donors (Lipinski definition) is 0. The summed E-state index contributed by atoms with van der Waals surface area (Å²) in [5.74, 6) is -0.986. The van der Waals surface area contributed by atoms with Crippen LogP contribution in [0.4, 0.5) is 4.79 Å². The Morgan fingerprint density at radius 3 is 2.44 bits per heavy atom. The van der Waals surface area contributed by atoms with Crippen LogP contribution in [0.25, 0.3) is 0 Å².